The average molecular weight is 411 g/mol. The smallest absolute Gasteiger partial charge is 0.266 e. The van der Waals surface area contributed by atoms with Crippen molar-refractivity contribution < 1.29 is 19.0 Å². The van der Waals surface area contributed by atoms with E-state index in [-0.39, 0.29) is 12.2 Å². The minimum Gasteiger partial charge on any atom is -0.497 e. The van der Waals surface area contributed by atoms with Gasteiger partial charge in [0.2, 0.25) is 0 Å². The maximum absolute atomic E-state index is 12.6. The van der Waals surface area contributed by atoms with E-state index in [0.717, 1.165) is 11.1 Å². The molecule has 148 valence electrons. The molecular formula is C22H19ClN2O4. The van der Waals surface area contributed by atoms with Crippen LogP contribution in [-0.2, 0) is 4.79 Å². The van der Waals surface area contributed by atoms with Crippen molar-refractivity contribution in [2.45, 2.75) is 6.92 Å². The Morgan fingerprint density at radius 3 is 2.76 bits per heavy atom. The van der Waals surface area contributed by atoms with Gasteiger partial charge in [-0.2, -0.15) is 5.26 Å². The normalized spacial score (nSPS) is 12.8. The first-order valence-electron chi connectivity index (χ1n) is 8.74. The number of carbonyl (C=O) groups excluding carboxylic acids is 1. The molecule has 0 aromatic heterocycles. The van der Waals surface area contributed by atoms with E-state index in [1.807, 2.05) is 31.2 Å². The molecule has 0 saturated heterocycles. The van der Waals surface area contributed by atoms with Gasteiger partial charge >= 0.3 is 0 Å². The molecule has 0 atom stereocenters. The molecule has 29 heavy (non-hydrogen) atoms. The highest BCUT2D eigenvalue weighted by Crippen LogP contribution is 2.32. The number of carbonyl (C=O) groups is 1. The van der Waals surface area contributed by atoms with Crippen molar-refractivity contribution in [2.75, 3.05) is 26.1 Å². The van der Waals surface area contributed by atoms with Crippen LogP contribution in [0, 0.1) is 18.3 Å². The van der Waals surface area contributed by atoms with Gasteiger partial charge in [-0.1, -0.05) is 11.6 Å². The highest BCUT2D eigenvalue weighted by atomic mass is 35.5. The van der Waals surface area contributed by atoms with E-state index in [9.17, 15) is 10.1 Å². The molecule has 0 unspecified atom stereocenters. The summed E-state index contributed by atoms with van der Waals surface area (Å²) in [4.78, 5) is 12.6. The third-order valence-corrected chi connectivity index (χ3v) is 4.79. The summed E-state index contributed by atoms with van der Waals surface area (Å²) >= 11 is 6.09. The van der Waals surface area contributed by atoms with Gasteiger partial charge in [0.25, 0.3) is 5.91 Å². The summed E-state index contributed by atoms with van der Waals surface area (Å²) in [5, 5.41) is 12.7. The molecule has 2 aromatic carbocycles. The minimum absolute atomic E-state index is 0.0496. The quantitative estimate of drug-likeness (QED) is 0.578. The van der Waals surface area contributed by atoms with Gasteiger partial charge in [0.1, 0.15) is 35.5 Å². The predicted molar refractivity (Wildman–Crippen MR) is 112 cm³/mol. The Bertz CT molecular complexity index is 1070. The number of nitrogens with one attached hydrogen (secondary N) is 1. The number of aryl methyl sites for hydroxylation is 1. The van der Waals surface area contributed by atoms with Gasteiger partial charge in [-0.15, -0.1) is 0 Å². The van der Waals surface area contributed by atoms with E-state index < -0.39 is 5.91 Å². The van der Waals surface area contributed by atoms with Crippen molar-refractivity contribution in [3.63, 3.8) is 0 Å². The topological polar surface area (TPSA) is 80.6 Å². The van der Waals surface area contributed by atoms with Crippen LogP contribution in [0.15, 0.2) is 47.6 Å². The second-order valence-corrected chi connectivity index (χ2v) is 6.74. The summed E-state index contributed by atoms with van der Waals surface area (Å²) in [5.74, 6) is 1.24. The fourth-order valence-corrected chi connectivity index (χ4v) is 2.98. The van der Waals surface area contributed by atoms with Gasteiger partial charge in [-0.25, -0.2) is 0 Å². The molecule has 0 spiro atoms. The van der Waals surface area contributed by atoms with Crippen LogP contribution in [0.4, 0.5) is 5.69 Å². The molecular weight excluding hydrogens is 392 g/mol. The molecule has 1 aliphatic rings. The van der Waals surface area contributed by atoms with Gasteiger partial charge in [-0.3, -0.25) is 4.79 Å². The molecule has 1 aliphatic heterocycles. The third-order valence-electron chi connectivity index (χ3n) is 4.38. The summed E-state index contributed by atoms with van der Waals surface area (Å²) in [5.41, 5.74) is 2.71. The lowest BCUT2D eigenvalue weighted by molar-refractivity contribution is -0.112. The summed E-state index contributed by atoms with van der Waals surface area (Å²) in [6.45, 7) is 2.05. The molecule has 7 heteroatoms. The molecule has 1 N–H and O–H groups in total. The Balaban J connectivity index is 1.85. The Morgan fingerprint density at radius 2 is 2.07 bits per heavy atom. The fourth-order valence-electron chi connectivity index (χ4n) is 2.83. The van der Waals surface area contributed by atoms with Crippen LogP contribution in [0.3, 0.4) is 0 Å². The highest BCUT2D eigenvalue weighted by Gasteiger charge is 2.17. The number of nitrogens with zero attached hydrogens (tertiary/aromatic N) is 1. The summed E-state index contributed by atoms with van der Waals surface area (Å²) < 4.78 is 16.2. The first-order chi connectivity index (χ1) is 13.9. The number of hydrogen-bond acceptors (Lipinski definition) is 5. The van der Waals surface area contributed by atoms with Gasteiger partial charge in [0.05, 0.1) is 19.9 Å². The van der Waals surface area contributed by atoms with Crippen LogP contribution in [-0.4, -0.2) is 26.7 Å². The minimum atomic E-state index is -0.547. The Hall–Kier alpha value is -3.43. The van der Waals surface area contributed by atoms with E-state index >= 15 is 0 Å². The Morgan fingerprint density at radius 1 is 1.28 bits per heavy atom. The van der Waals surface area contributed by atoms with E-state index in [2.05, 4.69) is 5.32 Å². The van der Waals surface area contributed by atoms with Crippen molar-refractivity contribution in [3.8, 4) is 23.3 Å². The number of hydrogen-bond donors (Lipinski definition) is 1. The molecule has 0 radical (unpaired) electrons. The molecule has 1 amide bonds. The molecule has 0 bridgehead atoms. The number of rotatable bonds is 5. The van der Waals surface area contributed by atoms with Crippen molar-refractivity contribution in [2.24, 2.45) is 0 Å². The number of amides is 1. The van der Waals surface area contributed by atoms with Crippen LogP contribution in [0.2, 0.25) is 5.02 Å². The number of ether oxygens (including phenoxy) is 3. The van der Waals surface area contributed by atoms with Gasteiger partial charge < -0.3 is 19.5 Å². The fraction of sp³-hybridized carbons (Fsp3) is 0.182. The zero-order valence-electron chi connectivity index (χ0n) is 16.2. The molecule has 0 aliphatic carbocycles. The van der Waals surface area contributed by atoms with Crippen LogP contribution in [0.5, 0.6) is 17.2 Å². The molecule has 2 aromatic rings. The first-order valence-corrected chi connectivity index (χ1v) is 9.11. The van der Waals surface area contributed by atoms with Crippen molar-refractivity contribution >= 4 is 29.3 Å². The van der Waals surface area contributed by atoms with E-state index in [0.29, 0.717) is 33.5 Å². The van der Waals surface area contributed by atoms with Crippen LogP contribution in [0.1, 0.15) is 11.1 Å². The van der Waals surface area contributed by atoms with Crippen molar-refractivity contribution in [1.29, 1.82) is 5.26 Å². The lowest BCUT2D eigenvalue weighted by Gasteiger charge is -2.17. The largest absolute Gasteiger partial charge is 0.497 e. The molecule has 3 rings (SSSR count). The van der Waals surface area contributed by atoms with Gasteiger partial charge in [0, 0.05) is 22.7 Å². The molecule has 0 fully saturated rings. The maximum Gasteiger partial charge on any atom is 0.266 e. The van der Waals surface area contributed by atoms with E-state index in [4.69, 9.17) is 25.8 Å². The molecule has 1 heterocycles. The van der Waals surface area contributed by atoms with Crippen LogP contribution in [0.25, 0.3) is 6.08 Å². The summed E-state index contributed by atoms with van der Waals surface area (Å²) in [6, 6.07) is 10.7. The number of fused-ring (bicyclic) bond motifs is 1. The predicted octanol–water partition coefficient (Wildman–Crippen LogP) is 4.53. The maximum atomic E-state index is 12.6. The monoisotopic (exact) mass is 410 g/mol. The number of methoxy groups -OCH3 is 2. The lowest BCUT2D eigenvalue weighted by atomic mass is 10.0. The second kappa shape index (κ2) is 8.72. The lowest BCUT2D eigenvalue weighted by Crippen LogP contribution is -2.15. The Kier molecular flexibility index (Phi) is 6.10. The zero-order valence-corrected chi connectivity index (χ0v) is 17.0. The van der Waals surface area contributed by atoms with Crippen molar-refractivity contribution in [3.05, 3.63) is 63.7 Å². The van der Waals surface area contributed by atoms with Crippen molar-refractivity contribution in [1.82, 2.24) is 0 Å². The van der Waals surface area contributed by atoms with Crippen LogP contribution >= 0.6 is 11.6 Å². The molecule has 0 saturated carbocycles. The number of benzene rings is 2. The number of anilines is 1. The highest BCUT2D eigenvalue weighted by molar-refractivity contribution is 6.31. The van der Waals surface area contributed by atoms with E-state index in [1.54, 1.807) is 25.3 Å². The van der Waals surface area contributed by atoms with E-state index in [1.165, 1.54) is 13.2 Å². The summed E-state index contributed by atoms with van der Waals surface area (Å²) in [6.07, 6.45) is 3.38. The number of halogens is 1. The van der Waals surface area contributed by atoms with Crippen LogP contribution < -0.4 is 19.5 Å². The standard InChI is InChI=1S/C22H19ClN2O4/c1-13-6-19(21(28-3)10-18(13)23)25-22(26)16(11-24)8-14-7-15-4-5-17(27-2)9-20(15)29-12-14/h4-10H,12H2,1-3H3,(H,25,26)/b16-8+. The number of nitriles is 1. The Labute approximate surface area is 174 Å². The SMILES string of the molecule is COc1ccc2c(c1)OCC(/C=C(\C#N)C(=O)Nc1cc(C)c(Cl)cc1OC)=C2. The first kappa shape index (κ1) is 20.3. The third kappa shape index (κ3) is 4.53. The van der Waals surface area contributed by atoms with Gasteiger partial charge in [-0.05, 0) is 48.4 Å². The zero-order chi connectivity index (χ0) is 21.0. The average Bonchev–Trinajstić information content (AvgIpc) is 2.73. The molecule has 6 nitrogen and oxygen atoms in total. The second-order valence-electron chi connectivity index (χ2n) is 6.34. The summed E-state index contributed by atoms with van der Waals surface area (Å²) in [7, 11) is 3.07. The van der Waals surface area contributed by atoms with Gasteiger partial charge in [0.15, 0.2) is 0 Å².